The predicted octanol–water partition coefficient (Wildman–Crippen LogP) is 5.35. The molecule has 6 atom stereocenters. The van der Waals surface area contributed by atoms with Crippen LogP contribution in [0.25, 0.3) is 6.08 Å². The Hall–Kier alpha value is -2.96. The Balaban J connectivity index is 1.50. The Labute approximate surface area is 218 Å². The number of ether oxygens (including phenoxy) is 3. The van der Waals surface area contributed by atoms with Gasteiger partial charge in [-0.2, -0.15) is 0 Å². The lowest BCUT2D eigenvalue weighted by atomic mass is 9.49. The third kappa shape index (κ3) is 4.20. The molecule has 2 saturated carbocycles. The Morgan fingerprint density at radius 1 is 0.946 bits per heavy atom. The molecule has 5 rings (SSSR count). The highest BCUT2D eigenvalue weighted by atomic mass is 16.6. The Bertz CT molecular complexity index is 1190. The minimum atomic E-state index is -1.19. The molecule has 196 valence electrons. The van der Waals surface area contributed by atoms with Crippen LogP contribution < -0.4 is 0 Å². The van der Waals surface area contributed by atoms with Gasteiger partial charge in [-0.25, -0.2) is 9.59 Å². The maximum atomic E-state index is 13.2. The lowest BCUT2D eigenvalue weighted by Gasteiger charge is -2.62. The molecular weight excluding hydrogens is 468 g/mol. The van der Waals surface area contributed by atoms with Crippen LogP contribution in [0.5, 0.6) is 0 Å². The maximum absolute atomic E-state index is 13.2. The van der Waals surface area contributed by atoms with Crippen molar-refractivity contribution in [2.24, 2.45) is 11.3 Å². The minimum Gasteiger partial charge on any atom is -0.458 e. The number of esters is 2. The fourth-order valence-electron chi connectivity index (χ4n) is 6.95. The summed E-state index contributed by atoms with van der Waals surface area (Å²) < 4.78 is 19.1. The number of aliphatic hydroxyl groups is 1. The number of rotatable bonds is 5. The summed E-state index contributed by atoms with van der Waals surface area (Å²) in [6, 6.07) is 18.4. The summed E-state index contributed by atoms with van der Waals surface area (Å²) in [7, 11) is 0. The van der Waals surface area contributed by atoms with Gasteiger partial charge in [0.1, 0.15) is 17.8 Å². The average molecular weight is 505 g/mol. The van der Waals surface area contributed by atoms with E-state index in [1.54, 1.807) is 37.3 Å². The van der Waals surface area contributed by atoms with Gasteiger partial charge in [-0.1, -0.05) is 48.5 Å². The van der Waals surface area contributed by atoms with E-state index in [1.165, 1.54) is 6.08 Å². The van der Waals surface area contributed by atoms with Crippen LogP contribution in [0.15, 0.2) is 66.7 Å². The quantitative estimate of drug-likeness (QED) is 0.437. The molecule has 6 nitrogen and oxygen atoms in total. The maximum Gasteiger partial charge on any atom is 0.338 e. The van der Waals surface area contributed by atoms with E-state index in [-0.39, 0.29) is 5.92 Å². The van der Waals surface area contributed by atoms with E-state index in [0.29, 0.717) is 31.2 Å². The van der Waals surface area contributed by atoms with Crippen LogP contribution in [-0.4, -0.2) is 46.1 Å². The van der Waals surface area contributed by atoms with Crippen LogP contribution >= 0.6 is 0 Å². The first-order chi connectivity index (χ1) is 17.5. The normalized spacial score (nSPS) is 36.1. The van der Waals surface area contributed by atoms with E-state index >= 15 is 0 Å². The third-order valence-electron chi connectivity index (χ3n) is 9.15. The average Bonchev–Trinajstić information content (AvgIpc) is 3.12. The van der Waals surface area contributed by atoms with Crippen molar-refractivity contribution in [3.05, 3.63) is 77.9 Å². The highest BCUT2D eigenvalue weighted by Crippen LogP contribution is 2.67. The molecule has 3 fully saturated rings. The molecule has 6 heteroatoms. The number of fused-ring (bicyclic) bond motifs is 1. The van der Waals surface area contributed by atoms with Crippen LogP contribution in [0.1, 0.15) is 69.3 Å². The zero-order valence-electron chi connectivity index (χ0n) is 22.0. The SMILES string of the molecule is CC1(C)O[C@]23C[C@H]1C[C@H](OC(=O)C=Cc1ccccc1)[C@]2(C)[C@@H](OC(=O)c1ccccc1)CC[C@]3(C)O. The lowest BCUT2D eigenvalue weighted by Crippen LogP contribution is -2.74. The van der Waals surface area contributed by atoms with Gasteiger partial charge in [0, 0.05) is 6.08 Å². The summed E-state index contributed by atoms with van der Waals surface area (Å²) in [4.78, 5) is 26.3. The zero-order chi connectivity index (χ0) is 26.5. The molecule has 1 aliphatic heterocycles. The number of hydrogen-bond donors (Lipinski definition) is 1. The van der Waals surface area contributed by atoms with Gasteiger partial charge < -0.3 is 19.3 Å². The van der Waals surface area contributed by atoms with Crippen molar-refractivity contribution in [3.63, 3.8) is 0 Å². The van der Waals surface area contributed by atoms with Gasteiger partial charge in [-0.05, 0) is 83.1 Å². The fraction of sp³-hybridized carbons (Fsp3) is 0.484. The summed E-state index contributed by atoms with van der Waals surface area (Å²) in [5, 5.41) is 11.8. The summed E-state index contributed by atoms with van der Waals surface area (Å²) in [6.45, 7) is 7.82. The molecule has 2 bridgehead atoms. The Morgan fingerprint density at radius 3 is 2.27 bits per heavy atom. The largest absolute Gasteiger partial charge is 0.458 e. The van der Waals surface area contributed by atoms with Crippen LogP contribution in [0.3, 0.4) is 0 Å². The zero-order valence-corrected chi connectivity index (χ0v) is 22.0. The van der Waals surface area contributed by atoms with Gasteiger partial charge in [-0.15, -0.1) is 0 Å². The molecule has 0 radical (unpaired) electrons. The first kappa shape index (κ1) is 25.7. The van der Waals surface area contributed by atoms with Crippen LogP contribution in [0, 0.1) is 11.3 Å². The van der Waals surface area contributed by atoms with Gasteiger partial charge >= 0.3 is 11.9 Å². The van der Waals surface area contributed by atoms with Crippen LogP contribution in [-0.2, 0) is 19.0 Å². The van der Waals surface area contributed by atoms with Crippen molar-refractivity contribution in [1.82, 2.24) is 0 Å². The molecule has 37 heavy (non-hydrogen) atoms. The van der Waals surface area contributed by atoms with Crippen molar-refractivity contribution in [1.29, 1.82) is 0 Å². The monoisotopic (exact) mass is 504 g/mol. The number of hydrogen-bond acceptors (Lipinski definition) is 6. The molecule has 0 aromatic heterocycles. The number of benzene rings is 2. The molecule has 1 heterocycles. The molecule has 0 unspecified atom stereocenters. The minimum absolute atomic E-state index is 0.0755. The van der Waals surface area contributed by atoms with Crippen molar-refractivity contribution in [3.8, 4) is 0 Å². The number of carbonyl (C=O) groups is 2. The van der Waals surface area contributed by atoms with E-state index in [9.17, 15) is 14.7 Å². The van der Waals surface area contributed by atoms with Crippen LogP contribution in [0.4, 0.5) is 0 Å². The Morgan fingerprint density at radius 2 is 1.59 bits per heavy atom. The second kappa shape index (κ2) is 9.10. The molecule has 2 aliphatic carbocycles. The smallest absolute Gasteiger partial charge is 0.338 e. The predicted molar refractivity (Wildman–Crippen MR) is 140 cm³/mol. The summed E-state index contributed by atoms with van der Waals surface area (Å²) in [6.07, 6.45) is 3.95. The molecule has 3 aliphatic rings. The van der Waals surface area contributed by atoms with E-state index < -0.39 is 46.4 Å². The van der Waals surface area contributed by atoms with E-state index in [0.717, 1.165) is 5.56 Å². The standard InChI is InChI=1S/C31H36O6/c1-28(2)23-19-25(35-26(32)16-15-21-11-7-5-8-12-21)30(4)24(36-27(33)22-13-9-6-10-14-22)17-18-29(3,34)31(30,20-23)37-28/h5-16,23-25,34H,17-20H2,1-4H3/t23-,24+,25+,29+,30+,31+/m1/s1. The third-order valence-corrected chi connectivity index (χ3v) is 9.15. The second-order valence-electron chi connectivity index (χ2n) is 11.7. The summed E-state index contributed by atoms with van der Waals surface area (Å²) in [5.41, 5.74) is -2.37. The molecule has 2 aromatic rings. The topological polar surface area (TPSA) is 82.1 Å². The molecular formula is C31H36O6. The molecule has 1 saturated heterocycles. The highest BCUT2D eigenvalue weighted by Gasteiger charge is 2.77. The first-order valence-corrected chi connectivity index (χ1v) is 13.1. The molecule has 1 N–H and O–H groups in total. The number of carbonyl (C=O) groups excluding carboxylic acids is 2. The van der Waals surface area contributed by atoms with Crippen LogP contribution in [0.2, 0.25) is 0 Å². The Kier molecular flexibility index (Phi) is 6.32. The van der Waals surface area contributed by atoms with Gasteiger partial charge in [-0.3, -0.25) is 0 Å². The lowest BCUT2D eigenvalue weighted by molar-refractivity contribution is -0.304. The van der Waals surface area contributed by atoms with E-state index in [1.807, 2.05) is 57.2 Å². The van der Waals surface area contributed by atoms with Gasteiger partial charge in [0.15, 0.2) is 0 Å². The van der Waals surface area contributed by atoms with E-state index in [2.05, 4.69) is 0 Å². The molecule has 0 amide bonds. The van der Waals surface area contributed by atoms with Crippen molar-refractivity contribution >= 4 is 18.0 Å². The van der Waals surface area contributed by atoms with Crippen molar-refractivity contribution in [2.45, 2.75) is 82.4 Å². The van der Waals surface area contributed by atoms with Crippen molar-refractivity contribution in [2.75, 3.05) is 0 Å². The van der Waals surface area contributed by atoms with Crippen molar-refractivity contribution < 1.29 is 28.9 Å². The second-order valence-corrected chi connectivity index (χ2v) is 11.7. The summed E-state index contributed by atoms with van der Waals surface area (Å²) in [5.74, 6) is -0.828. The van der Waals surface area contributed by atoms with Gasteiger partial charge in [0.25, 0.3) is 0 Å². The van der Waals surface area contributed by atoms with Gasteiger partial charge in [0.2, 0.25) is 0 Å². The van der Waals surface area contributed by atoms with E-state index in [4.69, 9.17) is 14.2 Å². The fourth-order valence-corrected chi connectivity index (χ4v) is 6.95. The molecule has 1 spiro atoms. The molecule has 2 aromatic carbocycles. The first-order valence-electron chi connectivity index (χ1n) is 13.1. The highest BCUT2D eigenvalue weighted by molar-refractivity contribution is 5.89. The summed E-state index contributed by atoms with van der Waals surface area (Å²) >= 11 is 0. The van der Waals surface area contributed by atoms with Gasteiger partial charge in [0.05, 0.1) is 22.2 Å².